The lowest BCUT2D eigenvalue weighted by Gasteiger charge is -2.09. The SMILES string of the molecule is CC(C)(C)BI. The molecule has 0 spiro atoms. The Bertz CT molecular complexity index is 37.3. The molecule has 0 unspecified atom stereocenters. The highest BCUT2D eigenvalue weighted by Crippen LogP contribution is 2.21. The Morgan fingerprint density at radius 2 is 1.50 bits per heavy atom. The summed E-state index contributed by atoms with van der Waals surface area (Å²) in [5, 5.41) is 1.77. The topological polar surface area (TPSA) is 0 Å². The van der Waals surface area contributed by atoms with E-state index in [1.165, 1.54) is 5.14 Å². The van der Waals surface area contributed by atoms with Crippen molar-refractivity contribution in [1.29, 1.82) is 0 Å². The molecule has 0 heterocycles. The summed E-state index contributed by atoms with van der Waals surface area (Å²) in [6.07, 6.45) is 0. The summed E-state index contributed by atoms with van der Waals surface area (Å²) >= 11 is 2.39. The zero-order chi connectivity index (χ0) is 5.21. The predicted octanol–water partition coefficient (Wildman–Crippen LogP) is 1.99. The summed E-state index contributed by atoms with van der Waals surface area (Å²) in [4.78, 5) is 0. The van der Waals surface area contributed by atoms with Crippen molar-refractivity contribution in [3.8, 4) is 0 Å². The first-order valence-corrected chi connectivity index (χ1v) is 3.65. The molecule has 0 aromatic carbocycles. The maximum absolute atomic E-state index is 2.39. The van der Waals surface area contributed by atoms with Gasteiger partial charge in [-0.05, 0) is 0 Å². The van der Waals surface area contributed by atoms with E-state index in [1.54, 1.807) is 0 Å². The highest BCUT2D eigenvalue weighted by atomic mass is 127. The fourth-order valence-corrected chi connectivity index (χ4v) is 0. The maximum atomic E-state index is 2.39. The molecule has 2 heteroatoms. The van der Waals surface area contributed by atoms with Crippen molar-refractivity contribution in [2.24, 2.45) is 0 Å². The molecule has 0 radical (unpaired) electrons. The molecule has 0 bridgehead atoms. The van der Waals surface area contributed by atoms with Crippen LogP contribution in [-0.4, -0.2) is 5.14 Å². The zero-order valence-corrected chi connectivity index (χ0v) is 6.74. The molecule has 0 nitrogen and oxygen atoms in total. The van der Waals surface area contributed by atoms with Gasteiger partial charge in [-0.25, -0.2) is 0 Å². The monoisotopic (exact) mass is 196 g/mol. The van der Waals surface area contributed by atoms with Gasteiger partial charge in [0.25, 0.3) is 0 Å². The second-order valence-corrected chi connectivity index (χ2v) is 3.46. The Morgan fingerprint density at radius 3 is 1.50 bits per heavy atom. The molecule has 0 saturated carbocycles. The second kappa shape index (κ2) is 2.19. The molecule has 0 N–H and O–H groups in total. The van der Waals surface area contributed by atoms with Gasteiger partial charge in [-0.15, -0.1) is 0 Å². The van der Waals surface area contributed by atoms with Gasteiger partial charge < -0.3 is 0 Å². The van der Waals surface area contributed by atoms with Gasteiger partial charge in [-0.1, -0.05) is 26.1 Å². The number of rotatable bonds is 0. The van der Waals surface area contributed by atoms with E-state index >= 15 is 0 Å². The Kier molecular flexibility index (Phi) is 2.48. The molecule has 0 aromatic rings. The van der Waals surface area contributed by atoms with Gasteiger partial charge in [0.05, 0.1) is 0 Å². The molecule has 0 rings (SSSR count). The van der Waals surface area contributed by atoms with Crippen molar-refractivity contribution in [2.75, 3.05) is 0 Å². The van der Waals surface area contributed by atoms with E-state index in [0.29, 0.717) is 5.31 Å². The highest BCUT2D eigenvalue weighted by molar-refractivity contribution is 14.1. The molecule has 0 fully saturated rings. The van der Waals surface area contributed by atoms with Crippen LogP contribution in [0.15, 0.2) is 0 Å². The Morgan fingerprint density at radius 1 is 1.33 bits per heavy atom. The summed E-state index contributed by atoms with van der Waals surface area (Å²) in [7, 11) is 0. The average molecular weight is 196 g/mol. The van der Waals surface area contributed by atoms with Gasteiger partial charge >= 0.3 is 0 Å². The third-order valence-electron chi connectivity index (χ3n) is 0.401. The number of hydrogen-bond donors (Lipinski definition) is 0. The van der Waals surface area contributed by atoms with Crippen LogP contribution in [0.25, 0.3) is 0 Å². The molecular formula is C4H10BI. The summed E-state index contributed by atoms with van der Waals surface area (Å²) in [5.74, 6) is 0. The van der Waals surface area contributed by atoms with Crippen LogP contribution in [0.1, 0.15) is 20.8 Å². The van der Waals surface area contributed by atoms with E-state index in [-0.39, 0.29) is 0 Å². The molecule has 0 aromatic heterocycles. The summed E-state index contributed by atoms with van der Waals surface area (Å²) < 4.78 is 0. The van der Waals surface area contributed by atoms with Crippen molar-refractivity contribution >= 4 is 27.5 Å². The first kappa shape index (κ1) is 6.79. The quantitative estimate of drug-likeness (QED) is 0.410. The Balaban J connectivity index is 3.17. The van der Waals surface area contributed by atoms with E-state index in [9.17, 15) is 0 Å². The van der Waals surface area contributed by atoms with Crippen molar-refractivity contribution in [1.82, 2.24) is 0 Å². The zero-order valence-electron chi connectivity index (χ0n) is 4.59. The molecule has 0 atom stereocenters. The first-order valence-electron chi connectivity index (χ1n) is 2.12. The Hall–Kier alpha value is 0.795. The van der Waals surface area contributed by atoms with Crippen LogP contribution in [-0.2, 0) is 0 Å². The van der Waals surface area contributed by atoms with Crippen LogP contribution in [0.2, 0.25) is 5.31 Å². The molecule has 0 aliphatic carbocycles. The minimum absolute atomic E-state index is 0.528. The van der Waals surface area contributed by atoms with E-state index in [1.807, 2.05) is 0 Å². The highest BCUT2D eigenvalue weighted by Gasteiger charge is 2.07. The normalized spacial score (nSPS) is 11.3. The van der Waals surface area contributed by atoms with E-state index in [2.05, 4.69) is 43.1 Å². The van der Waals surface area contributed by atoms with Gasteiger partial charge in [0.15, 0.2) is 0 Å². The predicted molar refractivity (Wildman–Crippen MR) is 40.9 cm³/mol. The van der Waals surface area contributed by atoms with Crippen molar-refractivity contribution in [3.05, 3.63) is 0 Å². The molecule has 0 amide bonds. The minimum Gasteiger partial charge on any atom is -0.155 e. The van der Waals surface area contributed by atoms with Crippen molar-refractivity contribution in [2.45, 2.75) is 26.1 Å². The van der Waals surface area contributed by atoms with Crippen LogP contribution >= 0.6 is 22.4 Å². The van der Waals surface area contributed by atoms with Gasteiger partial charge in [-0.3, -0.25) is 0 Å². The maximum Gasteiger partial charge on any atom is 0.205 e. The van der Waals surface area contributed by atoms with E-state index in [4.69, 9.17) is 0 Å². The third-order valence-corrected chi connectivity index (χ3v) is 2.69. The van der Waals surface area contributed by atoms with Gasteiger partial charge in [0, 0.05) is 0 Å². The Labute approximate surface area is 53.8 Å². The average Bonchev–Trinajstić information content (AvgIpc) is 1.35. The molecule has 36 valence electrons. The fourth-order valence-electron chi connectivity index (χ4n) is 0. The smallest absolute Gasteiger partial charge is 0.155 e. The van der Waals surface area contributed by atoms with Gasteiger partial charge in [0.1, 0.15) is 0 Å². The molecule has 0 aliphatic rings. The standard InChI is InChI=1S/C4H10BI/c1-4(2,3)5-6/h5H,1-3H3. The summed E-state index contributed by atoms with van der Waals surface area (Å²) in [6, 6.07) is 0. The second-order valence-electron chi connectivity index (χ2n) is 2.69. The third kappa shape index (κ3) is 4.79. The first-order chi connectivity index (χ1) is 2.56. The van der Waals surface area contributed by atoms with Crippen molar-refractivity contribution in [3.63, 3.8) is 0 Å². The van der Waals surface area contributed by atoms with E-state index in [0.717, 1.165) is 0 Å². The van der Waals surface area contributed by atoms with Gasteiger partial charge in [-0.2, -0.15) is 22.4 Å². The molecule has 0 saturated heterocycles. The number of hydrogen-bond acceptors (Lipinski definition) is 0. The molecule has 6 heavy (non-hydrogen) atoms. The van der Waals surface area contributed by atoms with E-state index < -0.39 is 0 Å². The number of halogens is 1. The summed E-state index contributed by atoms with van der Waals surface area (Å²) in [5.41, 5.74) is 0. The lowest BCUT2D eigenvalue weighted by atomic mass is 9.75. The van der Waals surface area contributed by atoms with Crippen LogP contribution in [0.4, 0.5) is 0 Å². The van der Waals surface area contributed by atoms with Crippen molar-refractivity contribution < 1.29 is 0 Å². The van der Waals surface area contributed by atoms with Gasteiger partial charge in [0.2, 0.25) is 5.14 Å². The largest absolute Gasteiger partial charge is 0.205 e. The fraction of sp³-hybridized carbons (Fsp3) is 1.00. The van der Waals surface area contributed by atoms with Crippen LogP contribution in [0.5, 0.6) is 0 Å². The molecular weight excluding hydrogens is 186 g/mol. The van der Waals surface area contributed by atoms with Crippen LogP contribution < -0.4 is 0 Å². The van der Waals surface area contributed by atoms with Crippen LogP contribution in [0, 0.1) is 0 Å². The summed E-state index contributed by atoms with van der Waals surface area (Å²) in [6.45, 7) is 6.71. The minimum atomic E-state index is 0.528. The molecule has 0 aliphatic heterocycles. The lowest BCUT2D eigenvalue weighted by Crippen LogP contribution is -1.99. The van der Waals surface area contributed by atoms with Crippen LogP contribution in [0.3, 0.4) is 0 Å². The lowest BCUT2D eigenvalue weighted by molar-refractivity contribution is 0.766.